The summed E-state index contributed by atoms with van der Waals surface area (Å²) in [6, 6.07) is 5.78. The molecule has 0 atom stereocenters. The summed E-state index contributed by atoms with van der Waals surface area (Å²) in [5, 5.41) is 20.8. The van der Waals surface area contributed by atoms with E-state index in [4.69, 9.17) is 5.26 Å². The van der Waals surface area contributed by atoms with Crippen LogP contribution in [0.15, 0.2) is 18.2 Å². The fourth-order valence-corrected chi connectivity index (χ4v) is 1.97. The number of aromatic nitrogens is 2. The normalized spacial score (nSPS) is 11.1. The van der Waals surface area contributed by atoms with Crippen LogP contribution in [0.3, 0.4) is 0 Å². The zero-order valence-electron chi connectivity index (χ0n) is 12.1. The number of carbonyl (C=O) groups is 1. The first kappa shape index (κ1) is 16.4. The number of hydrogen-bond donors (Lipinski definition) is 2. The molecule has 2 aromatic rings. The molecular formula is C14H11F3N4O2. The summed E-state index contributed by atoms with van der Waals surface area (Å²) in [4.78, 5) is 15.4. The quantitative estimate of drug-likeness (QED) is 0.888. The van der Waals surface area contributed by atoms with Crippen molar-refractivity contribution in [3.05, 3.63) is 40.8 Å². The van der Waals surface area contributed by atoms with Gasteiger partial charge in [0.2, 0.25) is 5.82 Å². The smallest absolute Gasteiger partial charge is 0.449 e. The lowest BCUT2D eigenvalue weighted by Crippen LogP contribution is -2.14. The predicted molar refractivity (Wildman–Crippen MR) is 73.7 cm³/mol. The molecule has 1 aromatic carbocycles. The molecule has 9 heteroatoms. The summed E-state index contributed by atoms with van der Waals surface area (Å²) >= 11 is 0. The first-order chi connectivity index (χ1) is 10.6. The van der Waals surface area contributed by atoms with Gasteiger partial charge < -0.3 is 15.0 Å². The Kier molecular flexibility index (Phi) is 4.01. The van der Waals surface area contributed by atoms with Crippen LogP contribution in [0.2, 0.25) is 0 Å². The molecule has 0 bridgehead atoms. The van der Waals surface area contributed by atoms with Gasteiger partial charge >= 0.3 is 6.18 Å². The third-order valence-corrected chi connectivity index (χ3v) is 3.08. The largest absolute Gasteiger partial charge is 0.507 e. The van der Waals surface area contributed by atoms with Crippen LogP contribution in [0.1, 0.15) is 27.4 Å². The van der Waals surface area contributed by atoms with E-state index in [0.29, 0.717) is 10.1 Å². The second-order valence-corrected chi connectivity index (χ2v) is 4.78. The maximum Gasteiger partial charge on any atom is 0.449 e. The number of anilines is 1. The zero-order valence-corrected chi connectivity index (χ0v) is 12.1. The molecule has 0 radical (unpaired) electrons. The van der Waals surface area contributed by atoms with Gasteiger partial charge in [-0.3, -0.25) is 4.79 Å². The van der Waals surface area contributed by atoms with Gasteiger partial charge in [0.05, 0.1) is 5.56 Å². The molecular weight excluding hydrogens is 313 g/mol. The molecule has 1 aromatic heterocycles. The highest BCUT2D eigenvalue weighted by molar-refractivity contribution is 6.06. The number of nitriles is 1. The molecule has 1 amide bonds. The summed E-state index contributed by atoms with van der Waals surface area (Å²) in [6.45, 7) is 1.68. The Morgan fingerprint density at radius 2 is 2.09 bits per heavy atom. The molecule has 0 spiro atoms. The van der Waals surface area contributed by atoms with Crippen molar-refractivity contribution in [3.8, 4) is 11.8 Å². The minimum absolute atomic E-state index is 0.131. The van der Waals surface area contributed by atoms with Crippen LogP contribution >= 0.6 is 0 Å². The minimum atomic E-state index is -4.77. The van der Waals surface area contributed by atoms with E-state index < -0.39 is 29.4 Å². The topological polar surface area (TPSA) is 90.9 Å². The highest BCUT2D eigenvalue weighted by Crippen LogP contribution is 2.31. The number of imidazole rings is 1. The summed E-state index contributed by atoms with van der Waals surface area (Å²) in [7, 11) is 1.02. The number of aryl methyl sites for hydroxylation is 1. The molecule has 1 heterocycles. The van der Waals surface area contributed by atoms with E-state index in [2.05, 4.69) is 10.3 Å². The molecule has 0 saturated carbocycles. The Labute approximate surface area is 128 Å². The second kappa shape index (κ2) is 5.64. The highest BCUT2D eigenvalue weighted by atomic mass is 19.4. The van der Waals surface area contributed by atoms with Crippen molar-refractivity contribution < 1.29 is 23.1 Å². The van der Waals surface area contributed by atoms with E-state index in [-0.39, 0.29) is 11.3 Å². The van der Waals surface area contributed by atoms with Crippen molar-refractivity contribution in [2.75, 3.05) is 5.32 Å². The van der Waals surface area contributed by atoms with E-state index in [0.717, 1.165) is 7.05 Å². The lowest BCUT2D eigenvalue weighted by molar-refractivity contribution is -0.146. The van der Waals surface area contributed by atoms with Gasteiger partial charge in [-0.1, -0.05) is 11.6 Å². The summed E-state index contributed by atoms with van der Waals surface area (Å²) in [5.74, 6) is -3.03. The van der Waals surface area contributed by atoms with E-state index >= 15 is 0 Å². The number of aromatic hydroxyl groups is 1. The molecule has 120 valence electrons. The van der Waals surface area contributed by atoms with Crippen LogP contribution in [-0.2, 0) is 13.2 Å². The van der Waals surface area contributed by atoms with E-state index in [9.17, 15) is 23.1 Å². The number of alkyl halides is 3. The summed E-state index contributed by atoms with van der Waals surface area (Å²) < 4.78 is 39.0. The standard InChI is InChI=1S/C14H11F3N4O2/c1-7-3-4-10(22)8(5-7)12(23)19-11-9(6-18)21(2)13(20-11)14(15,16)17/h3-5,22H,1-2H3,(H,19,23). The number of carbonyl (C=O) groups excluding carboxylic acids is 1. The maximum absolute atomic E-state index is 12.8. The van der Waals surface area contributed by atoms with Gasteiger partial charge in [0.25, 0.3) is 5.91 Å². The Morgan fingerprint density at radius 3 is 2.65 bits per heavy atom. The predicted octanol–water partition coefficient (Wildman–Crippen LogP) is 2.58. The zero-order chi connectivity index (χ0) is 17.4. The van der Waals surface area contributed by atoms with Crippen LogP contribution in [0.25, 0.3) is 0 Å². The van der Waals surface area contributed by atoms with Crippen molar-refractivity contribution in [2.24, 2.45) is 7.05 Å². The SMILES string of the molecule is Cc1ccc(O)c(C(=O)Nc2nc(C(F)(F)F)n(C)c2C#N)c1. The van der Waals surface area contributed by atoms with Gasteiger partial charge in [0.1, 0.15) is 11.8 Å². The third kappa shape index (κ3) is 3.11. The van der Waals surface area contributed by atoms with Gasteiger partial charge in [0, 0.05) is 7.05 Å². The van der Waals surface area contributed by atoms with Crippen molar-refractivity contribution in [1.82, 2.24) is 9.55 Å². The van der Waals surface area contributed by atoms with Crippen molar-refractivity contribution in [3.63, 3.8) is 0 Å². The van der Waals surface area contributed by atoms with E-state index in [1.54, 1.807) is 19.1 Å². The number of nitrogens with one attached hydrogen (secondary N) is 1. The number of phenolic OH excluding ortho intramolecular Hbond substituents is 1. The maximum atomic E-state index is 12.8. The third-order valence-electron chi connectivity index (χ3n) is 3.08. The first-order valence-corrected chi connectivity index (χ1v) is 6.30. The van der Waals surface area contributed by atoms with Crippen LogP contribution in [0, 0.1) is 18.3 Å². The number of halogens is 3. The van der Waals surface area contributed by atoms with Crippen molar-refractivity contribution >= 4 is 11.7 Å². The van der Waals surface area contributed by atoms with Crippen LogP contribution in [-0.4, -0.2) is 20.6 Å². The number of amides is 1. The molecule has 0 fully saturated rings. The van der Waals surface area contributed by atoms with Crippen LogP contribution < -0.4 is 5.32 Å². The number of hydrogen-bond acceptors (Lipinski definition) is 4. The average molecular weight is 324 g/mol. The summed E-state index contributed by atoms with van der Waals surface area (Å²) in [5.41, 5.74) is 0.0939. The number of benzene rings is 1. The van der Waals surface area contributed by atoms with Gasteiger partial charge in [0.15, 0.2) is 11.5 Å². The minimum Gasteiger partial charge on any atom is -0.507 e. The lowest BCUT2D eigenvalue weighted by atomic mass is 10.1. The number of phenols is 1. The summed E-state index contributed by atoms with van der Waals surface area (Å²) in [6.07, 6.45) is -4.77. The van der Waals surface area contributed by atoms with Gasteiger partial charge in [-0.2, -0.15) is 18.4 Å². The molecule has 0 aliphatic carbocycles. The van der Waals surface area contributed by atoms with Crippen molar-refractivity contribution in [2.45, 2.75) is 13.1 Å². The van der Waals surface area contributed by atoms with Crippen LogP contribution in [0.5, 0.6) is 5.75 Å². The Balaban J connectivity index is 2.43. The lowest BCUT2D eigenvalue weighted by Gasteiger charge is -2.06. The van der Waals surface area contributed by atoms with E-state index in [1.807, 2.05) is 0 Å². The Hall–Kier alpha value is -3.02. The molecule has 6 nitrogen and oxygen atoms in total. The van der Waals surface area contributed by atoms with E-state index in [1.165, 1.54) is 12.1 Å². The molecule has 0 aliphatic rings. The average Bonchev–Trinajstić information content (AvgIpc) is 2.77. The van der Waals surface area contributed by atoms with Gasteiger partial charge in [-0.25, -0.2) is 4.98 Å². The molecule has 0 unspecified atom stereocenters. The molecule has 0 aliphatic heterocycles. The van der Waals surface area contributed by atoms with Crippen molar-refractivity contribution in [1.29, 1.82) is 5.26 Å². The fraction of sp³-hybridized carbons (Fsp3) is 0.214. The molecule has 0 saturated heterocycles. The molecule has 23 heavy (non-hydrogen) atoms. The molecule has 2 N–H and O–H groups in total. The first-order valence-electron chi connectivity index (χ1n) is 6.30. The van der Waals surface area contributed by atoms with Gasteiger partial charge in [-0.15, -0.1) is 0 Å². The number of rotatable bonds is 2. The Morgan fingerprint density at radius 1 is 1.43 bits per heavy atom. The second-order valence-electron chi connectivity index (χ2n) is 4.78. The highest BCUT2D eigenvalue weighted by Gasteiger charge is 2.38. The fourth-order valence-electron chi connectivity index (χ4n) is 1.97. The Bertz CT molecular complexity index is 819. The van der Waals surface area contributed by atoms with Gasteiger partial charge in [-0.05, 0) is 19.1 Å². The molecule has 2 rings (SSSR count). The van der Waals surface area contributed by atoms with Crippen LogP contribution in [0.4, 0.5) is 19.0 Å². The number of nitrogens with zero attached hydrogens (tertiary/aromatic N) is 3. The monoisotopic (exact) mass is 324 g/mol.